The van der Waals surface area contributed by atoms with Crippen LogP contribution >= 0.6 is 11.3 Å². The van der Waals surface area contributed by atoms with Crippen molar-refractivity contribution in [1.29, 1.82) is 0 Å². The maximum atomic E-state index is 11.2. The molecule has 0 unspecified atom stereocenters. The maximum Gasteiger partial charge on any atom is 0.311 e. The second kappa shape index (κ2) is 5.25. The second-order valence-corrected chi connectivity index (χ2v) is 4.95. The van der Waals surface area contributed by atoms with Gasteiger partial charge in [-0.05, 0) is 19.8 Å². The second-order valence-electron chi connectivity index (χ2n) is 3.77. The number of nitrogens with one attached hydrogen (secondary N) is 1. The predicted molar refractivity (Wildman–Crippen MR) is 63.8 cm³/mol. The summed E-state index contributed by atoms with van der Waals surface area (Å²) in [5.41, 5.74) is -0.709. The molecule has 6 heteroatoms. The van der Waals surface area contributed by atoms with E-state index < -0.39 is 11.4 Å². The van der Waals surface area contributed by atoms with Gasteiger partial charge in [0, 0.05) is 6.54 Å². The summed E-state index contributed by atoms with van der Waals surface area (Å²) in [7, 11) is 0. The fraction of sp³-hybridized carbons (Fsp3) is 0.700. The largest absolute Gasteiger partial charge is 0.481 e. The Morgan fingerprint density at radius 1 is 1.44 bits per heavy atom. The Morgan fingerprint density at radius 3 is 2.44 bits per heavy atom. The van der Waals surface area contributed by atoms with Crippen LogP contribution in [0.25, 0.3) is 0 Å². The van der Waals surface area contributed by atoms with Crippen LogP contribution in [0.3, 0.4) is 0 Å². The summed E-state index contributed by atoms with van der Waals surface area (Å²) in [4.78, 5) is 11.2. The van der Waals surface area contributed by atoms with Gasteiger partial charge < -0.3 is 10.4 Å². The van der Waals surface area contributed by atoms with Crippen LogP contribution in [0.4, 0.5) is 5.13 Å². The number of carbonyl (C=O) groups is 1. The molecule has 1 aromatic rings. The summed E-state index contributed by atoms with van der Waals surface area (Å²) in [6.45, 7) is 6.05. The summed E-state index contributed by atoms with van der Waals surface area (Å²) in [5, 5.41) is 21.6. The van der Waals surface area contributed by atoms with Crippen LogP contribution in [0, 0.1) is 12.3 Å². The molecule has 0 aliphatic rings. The van der Waals surface area contributed by atoms with Crippen molar-refractivity contribution in [3.63, 3.8) is 0 Å². The van der Waals surface area contributed by atoms with Crippen molar-refractivity contribution in [2.45, 2.75) is 33.6 Å². The summed E-state index contributed by atoms with van der Waals surface area (Å²) >= 11 is 1.43. The Labute approximate surface area is 98.9 Å². The highest BCUT2D eigenvalue weighted by molar-refractivity contribution is 7.15. The van der Waals surface area contributed by atoms with E-state index in [1.165, 1.54) is 11.3 Å². The van der Waals surface area contributed by atoms with E-state index in [-0.39, 0.29) is 0 Å². The van der Waals surface area contributed by atoms with Gasteiger partial charge in [0.25, 0.3) is 0 Å². The number of aliphatic carboxylic acids is 1. The van der Waals surface area contributed by atoms with Gasteiger partial charge in [-0.3, -0.25) is 4.79 Å². The van der Waals surface area contributed by atoms with Crippen LogP contribution in [0.1, 0.15) is 31.7 Å². The number of hydrogen-bond acceptors (Lipinski definition) is 5. The Bertz CT molecular complexity index is 361. The van der Waals surface area contributed by atoms with Crippen molar-refractivity contribution >= 4 is 22.4 Å². The first-order valence-electron chi connectivity index (χ1n) is 5.31. The van der Waals surface area contributed by atoms with Gasteiger partial charge in [-0.2, -0.15) is 0 Å². The fourth-order valence-electron chi connectivity index (χ4n) is 1.49. The van der Waals surface area contributed by atoms with Crippen molar-refractivity contribution in [1.82, 2.24) is 10.2 Å². The van der Waals surface area contributed by atoms with E-state index in [4.69, 9.17) is 0 Å². The number of aryl methyl sites for hydroxylation is 1. The molecule has 2 N–H and O–H groups in total. The summed E-state index contributed by atoms with van der Waals surface area (Å²) in [6, 6.07) is 0. The van der Waals surface area contributed by atoms with Crippen molar-refractivity contribution in [2.24, 2.45) is 5.41 Å². The van der Waals surface area contributed by atoms with Crippen molar-refractivity contribution in [2.75, 3.05) is 11.9 Å². The zero-order valence-electron chi connectivity index (χ0n) is 9.78. The molecule has 0 atom stereocenters. The van der Waals surface area contributed by atoms with Gasteiger partial charge in [0.05, 0.1) is 5.41 Å². The molecule has 0 amide bonds. The first-order valence-corrected chi connectivity index (χ1v) is 6.13. The molecule has 0 aliphatic heterocycles. The monoisotopic (exact) mass is 243 g/mol. The van der Waals surface area contributed by atoms with Crippen LogP contribution in [0.5, 0.6) is 0 Å². The van der Waals surface area contributed by atoms with E-state index in [0.29, 0.717) is 24.5 Å². The molecule has 0 fully saturated rings. The quantitative estimate of drug-likeness (QED) is 0.800. The van der Waals surface area contributed by atoms with E-state index in [2.05, 4.69) is 15.5 Å². The molecule has 16 heavy (non-hydrogen) atoms. The van der Waals surface area contributed by atoms with E-state index in [0.717, 1.165) is 5.01 Å². The lowest BCUT2D eigenvalue weighted by atomic mass is 9.82. The van der Waals surface area contributed by atoms with E-state index in [1.807, 2.05) is 20.8 Å². The Balaban J connectivity index is 2.67. The topological polar surface area (TPSA) is 75.1 Å². The highest BCUT2D eigenvalue weighted by Crippen LogP contribution is 2.27. The summed E-state index contributed by atoms with van der Waals surface area (Å²) < 4.78 is 0. The molecule has 1 rings (SSSR count). The molecule has 0 saturated heterocycles. The van der Waals surface area contributed by atoms with Crippen molar-refractivity contribution in [3.8, 4) is 0 Å². The lowest BCUT2D eigenvalue weighted by Crippen LogP contribution is -2.36. The third kappa shape index (κ3) is 2.69. The van der Waals surface area contributed by atoms with E-state index in [1.54, 1.807) is 0 Å². The van der Waals surface area contributed by atoms with Crippen LogP contribution in [0.15, 0.2) is 0 Å². The molecule has 1 aromatic heterocycles. The van der Waals surface area contributed by atoms with Crippen molar-refractivity contribution < 1.29 is 9.90 Å². The number of carboxylic acids is 1. The minimum atomic E-state index is -0.758. The zero-order valence-corrected chi connectivity index (χ0v) is 10.6. The highest BCUT2D eigenvalue weighted by atomic mass is 32.1. The summed E-state index contributed by atoms with van der Waals surface area (Å²) in [6.07, 6.45) is 1.20. The number of hydrogen-bond donors (Lipinski definition) is 2. The molecule has 90 valence electrons. The van der Waals surface area contributed by atoms with Gasteiger partial charge in [-0.25, -0.2) is 0 Å². The van der Waals surface area contributed by atoms with Crippen LogP contribution in [-0.2, 0) is 4.79 Å². The molecule has 0 aromatic carbocycles. The molecular weight excluding hydrogens is 226 g/mol. The smallest absolute Gasteiger partial charge is 0.311 e. The molecule has 0 aliphatic carbocycles. The summed E-state index contributed by atoms with van der Waals surface area (Å²) in [5.74, 6) is -0.758. The van der Waals surface area contributed by atoms with Gasteiger partial charge in [-0.1, -0.05) is 25.2 Å². The Morgan fingerprint density at radius 2 is 2.06 bits per heavy atom. The van der Waals surface area contributed by atoms with E-state index in [9.17, 15) is 9.90 Å². The molecule has 0 bridgehead atoms. The predicted octanol–water partition coefficient (Wildman–Crippen LogP) is 2.15. The lowest BCUT2D eigenvalue weighted by Gasteiger charge is -2.26. The average Bonchev–Trinajstić information content (AvgIpc) is 2.66. The molecule has 0 spiro atoms. The number of carboxylic acid groups (broad SMARTS) is 1. The number of aromatic nitrogens is 2. The van der Waals surface area contributed by atoms with Crippen molar-refractivity contribution in [3.05, 3.63) is 5.01 Å². The van der Waals surface area contributed by atoms with E-state index >= 15 is 0 Å². The van der Waals surface area contributed by atoms with Gasteiger partial charge >= 0.3 is 5.97 Å². The molecule has 0 radical (unpaired) electrons. The zero-order chi connectivity index (χ0) is 12.2. The van der Waals surface area contributed by atoms with Gasteiger partial charge in [0.1, 0.15) is 5.01 Å². The minimum absolute atomic E-state index is 0.393. The normalized spacial score (nSPS) is 11.4. The number of anilines is 1. The Kier molecular flexibility index (Phi) is 4.23. The molecule has 0 saturated carbocycles. The fourth-order valence-corrected chi connectivity index (χ4v) is 2.08. The average molecular weight is 243 g/mol. The maximum absolute atomic E-state index is 11.2. The standard InChI is InChI=1S/C10H17N3O2S/c1-4-10(5-2,8(14)15)6-11-9-13-12-7(3)16-9/h4-6H2,1-3H3,(H,11,13)(H,14,15). The van der Waals surface area contributed by atoms with Crippen LogP contribution < -0.4 is 5.32 Å². The number of nitrogens with zero attached hydrogens (tertiary/aromatic N) is 2. The van der Waals surface area contributed by atoms with Gasteiger partial charge in [-0.15, -0.1) is 10.2 Å². The molecule has 1 heterocycles. The molecule has 5 nitrogen and oxygen atoms in total. The van der Waals surface area contributed by atoms with Gasteiger partial charge in [0.2, 0.25) is 5.13 Å². The van der Waals surface area contributed by atoms with Crippen LogP contribution in [0.2, 0.25) is 0 Å². The molecular formula is C10H17N3O2S. The first kappa shape index (κ1) is 12.9. The van der Waals surface area contributed by atoms with Crippen LogP contribution in [-0.4, -0.2) is 27.8 Å². The lowest BCUT2D eigenvalue weighted by molar-refractivity contribution is -0.148. The SMILES string of the molecule is CCC(CC)(CNc1nnc(C)s1)C(=O)O. The third-order valence-electron chi connectivity index (χ3n) is 2.91. The number of rotatable bonds is 6. The Hall–Kier alpha value is -1.17. The first-order chi connectivity index (χ1) is 7.54. The van der Waals surface area contributed by atoms with Gasteiger partial charge in [0.15, 0.2) is 0 Å². The highest BCUT2D eigenvalue weighted by Gasteiger charge is 2.34. The third-order valence-corrected chi connectivity index (χ3v) is 3.71. The minimum Gasteiger partial charge on any atom is -0.481 e.